The molecule has 3 amide bonds. The molecule has 0 saturated carbocycles. The third-order valence-electron chi connectivity index (χ3n) is 4.75. The number of rotatable bonds is 3. The lowest BCUT2D eigenvalue weighted by Gasteiger charge is -2.24. The molecule has 4 rings (SSSR count). The van der Waals surface area contributed by atoms with E-state index >= 15 is 0 Å². The molecule has 1 aromatic heterocycles. The Kier molecular flexibility index (Phi) is 3.93. The maximum absolute atomic E-state index is 12.1. The van der Waals surface area contributed by atoms with Gasteiger partial charge in [-0.25, -0.2) is 4.79 Å². The van der Waals surface area contributed by atoms with E-state index in [4.69, 9.17) is 4.52 Å². The molecular formula is C17H20N4O3. The second kappa shape index (κ2) is 6.24. The number of imide groups is 1. The Labute approximate surface area is 139 Å². The first-order valence-corrected chi connectivity index (χ1v) is 8.41. The molecule has 2 fully saturated rings. The van der Waals surface area contributed by atoms with Crippen LogP contribution in [-0.2, 0) is 11.2 Å². The Bertz CT molecular complexity index is 779. The highest BCUT2D eigenvalue weighted by molar-refractivity contribution is 6.08. The van der Waals surface area contributed by atoms with Gasteiger partial charge in [0.25, 0.3) is 0 Å². The molecule has 126 valence electrons. The molecule has 0 aliphatic carbocycles. The van der Waals surface area contributed by atoms with Crippen molar-refractivity contribution >= 4 is 28.7 Å². The van der Waals surface area contributed by atoms with Gasteiger partial charge in [-0.2, -0.15) is 0 Å². The fraction of sp³-hybridized carbons (Fsp3) is 0.471. The molecule has 2 aromatic rings. The highest BCUT2D eigenvalue weighted by atomic mass is 16.5. The number of hydrogen-bond acceptors (Lipinski definition) is 5. The zero-order valence-corrected chi connectivity index (χ0v) is 13.4. The monoisotopic (exact) mass is 328 g/mol. The molecule has 3 heterocycles. The Morgan fingerprint density at radius 1 is 1.33 bits per heavy atom. The lowest BCUT2D eigenvalue weighted by atomic mass is 9.92. The van der Waals surface area contributed by atoms with Gasteiger partial charge in [0, 0.05) is 13.0 Å². The molecule has 2 aliphatic heterocycles. The van der Waals surface area contributed by atoms with Gasteiger partial charge in [0.1, 0.15) is 0 Å². The van der Waals surface area contributed by atoms with Gasteiger partial charge in [-0.1, -0.05) is 11.2 Å². The number of hydrogen-bond donors (Lipinski definition) is 2. The average molecular weight is 328 g/mol. The topological polar surface area (TPSA) is 87.5 Å². The summed E-state index contributed by atoms with van der Waals surface area (Å²) in [4.78, 5) is 24.8. The number of carbonyl (C=O) groups excluding carboxylic acids is 2. The minimum atomic E-state index is -0.441. The smallest absolute Gasteiger partial charge is 0.329 e. The van der Waals surface area contributed by atoms with Crippen molar-refractivity contribution in [2.24, 2.45) is 5.92 Å². The van der Waals surface area contributed by atoms with Crippen LogP contribution in [0.1, 0.15) is 24.8 Å². The Balaban J connectivity index is 1.61. The van der Waals surface area contributed by atoms with E-state index in [2.05, 4.69) is 27.9 Å². The van der Waals surface area contributed by atoms with Crippen molar-refractivity contribution in [3.8, 4) is 0 Å². The fourth-order valence-corrected chi connectivity index (χ4v) is 3.49. The first kappa shape index (κ1) is 15.1. The van der Waals surface area contributed by atoms with E-state index in [0.29, 0.717) is 23.9 Å². The summed E-state index contributed by atoms with van der Waals surface area (Å²) in [5.74, 6) is 0.864. The first-order chi connectivity index (χ1) is 11.7. The number of carbonyl (C=O) groups is 2. The lowest BCUT2D eigenvalue weighted by Crippen LogP contribution is -2.49. The van der Waals surface area contributed by atoms with Crippen LogP contribution in [0.2, 0.25) is 0 Å². The van der Waals surface area contributed by atoms with Crippen molar-refractivity contribution in [3.63, 3.8) is 0 Å². The van der Waals surface area contributed by atoms with Crippen LogP contribution >= 0.6 is 0 Å². The van der Waals surface area contributed by atoms with Gasteiger partial charge in [-0.3, -0.25) is 15.0 Å². The highest BCUT2D eigenvalue weighted by Gasteiger charge is 2.28. The van der Waals surface area contributed by atoms with Crippen LogP contribution in [0.5, 0.6) is 0 Å². The molecule has 1 aromatic carbocycles. The summed E-state index contributed by atoms with van der Waals surface area (Å²) in [6.07, 6.45) is 3.72. The van der Waals surface area contributed by atoms with Gasteiger partial charge < -0.3 is 9.84 Å². The van der Waals surface area contributed by atoms with Crippen molar-refractivity contribution in [2.45, 2.75) is 25.7 Å². The van der Waals surface area contributed by atoms with E-state index in [1.807, 2.05) is 6.07 Å². The Morgan fingerprint density at radius 3 is 3.04 bits per heavy atom. The number of fused-ring (bicyclic) bond motifs is 1. The molecule has 0 bridgehead atoms. The largest absolute Gasteiger partial charge is 0.354 e. The molecule has 2 N–H and O–H groups in total. The maximum Gasteiger partial charge on any atom is 0.329 e. The summed E-state index contributed by atoms with van der Waals surface area (Å²) in [6, 6.07) is 5.58. The molecule has 7 heteroatoms. The van der Waals surface area contributed by atoms with Crippen molar-refractivity contribution < 1.29 is 14.1 Å². The number of piperidine rings is 1. The summed E-state index contributed by atoms with van der Waals surface area (Å²) in [5, 5.41) is 10.6. The summed E-state index contributed by atoms with van der Waals surface area (Å²) >= 11 is 0. The van der Waals surface area contributed by atoms with Crippen molar-refractivity contribution in [3.05, 3.63) is 23.8 Å². The van der Waals surface area contributed by atoms with Crippen LogP contribution in [0.4, 0.5) is 10.6 Å². The number of benzene rings is 1. The van der Waals surface area contributed by atoms with Crippen molar-refractivity contribution in [1.29, 1.82) is 0 Å². The molecular weight excluding hydrogens is 308 g/mol. The SMILES string of the molecule is O=C1CCN(c2noc3ccc(CC4CCCNC4)cc23)C(=O)N1. The van der Waals surface area contributed by atoms with E-state index in [1.165, 1.54) is 23.3 Å². The molecule has 7 nitrogen and oxygen atoms in total. The number of urea groups is 1. The molecule has 0 spiro atoms. The van der Waals surface area contributed by atoms with Gasteiger partial charge in [-0.15, -0.1) is 0 Å². The zero-order chi connectivity index (χ0) is 16.5. The van der Waals surface area contributed by atoms with Crippen LogP contribution < -0.4 is 15.5 Å². The van der Waals surface area contributed by atoms with Gasteiger partial charge in [0.05, 0.1) is 5.39 Å². The van der Waals surface area contributed by atoms with Crippen LogP contribution in [0.25, 0.3) is 11.0 Å². The van der Waals surface area contributed by atoms with Crippen LogP contribution in [0, 0.1) is 5.92 Å². The minimum Gasteiger partial charge on any atom is -0.354 e. The van der Waals surface area contributed by atoms with E-state index in [1.54, 1.807) is 0 Å². The predicted molar refractivity (Wildman–Crippen MR) is 88.8 cm³/mol. The van der Waals surface area contributed by atoms with E-state index in [-0.39, 0.29) is 12.3 Å². The molecule has 1 unspecified atom stereocenters. The third kappa shape index (κ3) is 2.87. The third-order valence-corrected chi connectivity index (χ3v) is 4.75. The van der Waals surface area contributed by atoms with Gasteiger partial charge in [0.15, 0.2) is 11.4 Å². The molecule has 0 radical (unpaired) electrons. The number of anilines is 1. The van der Waals surface area contributed by atoms with Gasteiger partial charge in [-0.05, 0) is 56.0 Å². The van der Waals surface area contributed by atoms with E-state index in [0.717, 1.165) is 24.9 Å². The average Bonchev–Trinajstić information content (AvgIpc) is 2.99. The number of aromatic nitrogens is 1. The quantitative estimate of drug-likeness (QED) is 0.897. The summed E-state index contributed by atoms with van der Waals surface area (Å²) < 4.78 is 5.35. The Hall–Kier alpha value is -2.41. The normalized spacial score (nSPS) is 22.0. The molecule has 1 atom stereocenters. The Morgan fingerprint density at radius 2 is 2.25 bits per heavy atom. The summed E-state index contributed by atoms with van der Waals surface area (Å²) in [5.41, 5.74) is 1.87. The van der Waals surface area contributed by atoms with E-state index in [9.17, 15) is 9.59 Å². The summed E-state index contributed by atoms with van der Waals surface area (Å²) in [6.45, 7) is 2.47. The number of nitrogens with one attached hydrogen (secondary N) is 2. The number of amides is 3. The first-order valence-electron chi connectivity index (χ1n) is 8.41. The van der Waals surface area contributed by atoms with Gasteiger partial charge >= 0.3 is 6.03 Å². The molecule has 2 aliphatic rings. The standard InChI is InChI=1S/C17H20N4O3/c22-15-5-7-21(17(23)19-15)16-13-9-11(3-4-14(13)24-20-16)8-12-2-1-6-18-10-12/h3-4,9,12,18H,1-2,5-8,10H2,(H,19,22,23). The van der Waals surface area contributed by atoms with Crippen molar-refractivity contribution in [1.82, 2.24) is 15.8 Å². The molecule has 24 heavy (non-hydrogen) atoms. The van der Waals surface area contributed by atoms with Crippen LogP contribution in [0.15, 0.2) is 22.7 Å². The zero-order valence-electron chi connectivity index (χ0n) is 13.4. The lowest BCUT2D eigenvalue weighted by molar-refractivity contribution is -0.120. The second-order valence-corrected chi connectivity index (χ2v) is 6.51. The highest BCUT2D eigenvalue weighted by Crippen LogP contribution is 2.29. The number of nitrogens with zero attached hydrogens (tertiary/aromatic N) is 2. The maximum atomic E-state index is 12.1. The molecule has 2 saturated heterocycles. The van der Waals surface area contributed by atoms with E-state index < -0.39 is 6.03 Å². The fourth-order valence-electron chi connectivity index (χ4n) is 3.49. The summed E-state index contributed by atoms with van der Waals surface area (Å²) in [7, 11) is 0. The predicted octanol–water partition coefficient (Wildman–Crippen LogP) is 1.82. The minimum absolute atomic E-state index is 0.255. The van der Waals surface area contributed by atoms with Crippen LogP contribution in [-0.4, -0.2) is 36.7 Å². The second-order valence-electron chi connectivity index (χ2n) is 6.51. The van der Waals surface area contributed by atoms with Gasteiger partial charge in [0.2, 0.25) is 5.91 Å². The van der Waals surface area contributed by atoms with Crippen LogP contribution in [0.3, 0.4) is 0 Å². The van der Waals surface area contributed by atoms with Crippen molar-refractivity contribution in [2.75, 3.05) is 24.5 Å².